The van der Waals surface area contributed by atoms with Crippen LogP contribution in [0.2, 0.25) is 0 Å². The van der Waals surface area contributed by atoms with Crippen LogP contribution >= 0.6 is 11.8 Å². The van der Waals surface area contributed by atoms with E-state index in [9.17, 15) is 8.42 Å². The van der Waals surface area contributed by atoms with Crippen molar-refractivity contribution < 1.29 is 13.5 Å². The highest BCUT2D eigenvalue weighted by Crippen LogP contribution is 2.24. The van der Waals surface area contributed by atoms with Crippen molar-refractivity contribution in [3.63, 3.8) is 0 Å². The summed E-state index contributed by atoms with van der Waals surface area (Å²) in [6.07, 6.45) is 0.387. The van der Waals surface area contributed by atoms with Crippen molar-refractivity contribution in [3.8, 4) is 11.8 Å². The Bertz CT molecular complexity index is 646. The van der Waals surface area contributed by atoms with Gasteiger partial charge in [0.1, 0.15) is 0 Å². The van der Waals surface area contributed by atoms with Gasteiger partial charge in [-0.3, -0.25) is 0 Å². The van der Waals surface area contributed by atoms with E-state index >= 15 is 0 Å². The number of aliphatic hydroxyl groups excluding tert-OH is 1. The summed E-state index contributed by atoms with van der Waals surface area (Å²) in [6.45, 7) is 3.16. The maximum Gasteiger partial charge on any atom is 0.243 e. The number of benzene rings is 1. The van der Waals surface area contributed by atoms with Gasteiger partial charge in [0.05, 0.1) is 11.5 Å². The molecule has 1 atom stereocenters. The zero-order valence-electron chi connectivity index (χ0n) is 11.9. The summed E-state index contributed by atoms with van der Waals surface area (Å²) in [5.41, 5.74) is 0.656. The molecule has 0 saturated carbocycles. The normalized spacial score (nSPS) is 19.8. The summed E-state index contributed by atoms with van der Waals surface area (Å²) < 4.78 is 26.8. The molecule has 1 aliphatic heterocycles. The van der Waals surface area contributed by atoms with Gasteiger partial charge in [0.25, 0.3) is 0 Å². The highest BCUT2D eigenvalue weighted by molar-refractivity contribution is 8.00. The van der Waals surface area contributed by atoms with Crippen LogP contribution in [0.4, 0.5) is 0 Å². The van der Waals surface area contributed by atoms with Crippen LogP contribution in [-0.4, -0.2) is 48.5 Å². The first-order chi connectivity index (χ1) is 10.0. The van der Waals surface area contributed by atoms with E-state index in [1.54, 1.807) is 40.3 Å². The maximum absolute atomic E-state index is 12.6. The summed E-state index contributed by atoms with van der Waals surface area (Å²) in [5.74, 6) is 6.51. The second-order valence-corrected chi connectivity index (χ2v) is 8.33. The summed E-state index contributed by atoms with van der Waals surface area (Å²) in [5, 5.41) is 9.04. The summed E-state index contributed by atoms with van der Waals surface area (Å²) in [7, 11) is -3.45. The fraction of sp³-hybridized carbons (Fsp3) is 0.467. The highest BCUT2D eigenvalue weighted by Gasteiger charge is 2.28. The van der Waals surface area contributed by atoms with E-state index in [4.69, 9.17) is 5.11 Å². The number of hydrogen-bond acceptors (Lipinski definition) is 4. The fourth-order valence-electron chi connectivity index (χ4n) is 2.11. The van der Waals surface area contributed by atoms with Gasteiger partial charge in [0.15, 0.2) is 0 Å². The van der Waals surface area contributed by atoms with Gasteiger partial charge in [0.2, 0.25) is 10.0 Å². The van der Waals surface area contributed by atoms with Crippen LogP contribution in [0.15, 0.2) is 29.2 Å². The van der Waals surface area contributed by atoms with Crippen LogP contribution in [0.25, 0.3) is 0 Å². The van der Waals surface area contributed by atoms with Gasteiger partial charge in [-0.1, -0.05) is 24.8 Å². The van der Waals surface area contributed by atoms with Gasteiger partial charge in [-0.25, -0.2) is 8.42 Å². The Morgan fingerprint density at radius 2 is 2.29 bits per heavy atom. The summed E-state index contributed by atoms with van der Waals surface area (Å²) in [4.78, 5) is 0.289. The molecular weight excluding hydrogens is 306 g/mol. The molecule has 0 radical (unpaired) electrons. The third-order valence-corrected chi connectivity index (χ3v) is 6.14. The molecule has 1 aromatic carbocycles. The molecule has 0 spiro atoms. The molecule has 114 valence electrons. The first kappa shape index (κ1) is 16.4. The molecule has 1 aromatic rings. The average molecular weight is 325 g/mol. The van der Waals surface area contributed by atoms with Gasteiger partial charge in [-0.05, 0) is 18.2 Å². The van der Waals surface area contributed by atoms with E-state index in [0.29, 0.717) is 30.3 Å². The molecule has 1 saturated heterocycles. The van der Waals surface area contributed by atoms with Crippen LogP contribution in [0.1, 0.15) is 18.9 Å². The molecule has 2 rings (SSSR count). The van der Waals surface area contributed by atoms with Crippen molar-refractivity contribution in [3.05, 3.63) is 29.8 Å². The third-order valence-electron chi connectivity index (χ3n) is 3.15. The Labute approximate surface area is 130 Å². The lowest BCUT2D eigenvalue weighted by Crippen LogP contribution is -2.40. The van der Waals surface area contributed by atoms with E-state index in [1.807, 2.05) is 6.92 Å². The third kappa shape index (κ3) is 4.24. The smallest absolute Gasteiger partial charge is 0.243 e. The Hall–Kier alpha value is -1.00. The molecule has 4 nitrogen and oxygen atoms in total. The van der Waals surface area contributed by atoms with E-state index in [0.717, 1.165) is 5.75 Å². The molecule has 1 heterocycles. The van der Waals surface area contributed by atoms with E-state index in [2.05, 4.69) is 11.8 Å². The molecule has 1 N–H and O–H groups in total. The number of hydrogen-bond donors (Lipinski definition) is 1. The van der Waals surface area contributed by atoms with Crippen molar-refractivity contribution in [1.82, 2.24) is 4.31 Å². The first-order valence-electron chi connectivity index (χ1n) is 6.85. The van der Waals surface area contributed by atoms with Gasteiger partial charge in [-0.15, -0.1) is 0 Å². The van der Waals surface area contributed by atoms with Gasteiger partial charge >= 0.3 is 0 Å². The van der Waals surface area contributed by atoms with Gasteiger partial charge < -0.3 is 5.11 Å². The molecule has 0 bridgehead atoms. The number of nitrogens with zero attached hydrogens (tertiary/aromatic N) is 1. The van der Waals surface area contributed by atoms with Crippen molar-refractivity contribution in [1.29, 1.82) is 0 Å². The minimum atomic E-state index is -3.45. The molecule has 0 aliphatic carbocycles. The Morgan fingerprint density at radius 3 is 3.00 bits per heavy atom. The lowest BCUT2D eigenvalue weighted by molar-refractivity contribution is 0.305. The van der Waals surface area contributed by atoms with Crippen LogP contribution in [0.3, 0.4) is 0 Å². The van der Waals surface area contributed by atoms with E-state index in [-0.39, 0.29) is 11.5 Å². The predicted molar refractivity (Wildman–Crippen MR) is 85.7 cm³/mol. The van der Waals surface area contributed by atoms with Crippen molar-refractivity contribution in [2.75, 3.05) is 25.4 Å². The largest absolute Gasteiger partial charge is 0.395 e. The molecule has 0 amide bonds. The standard InChI is InChI=1S/C15H19NO3S2/c1-13-12-16(8-10-20-13)21(18,19)15-7-4-6-14(11-15)5-2-3-9-17/h4,6-7,11,13,17H,3,8-10,12H2,1H3. The summed E-state index contributed by atoms with van der Waals surface area (Å²) >= 11 is 1.80. The number of rotatable bonds is 3. The Kier molecular flexibility index (Phi) is 5.71. The van der Waals surface area contributed by atoms with E-state index < -0.39 is 10.0 Å². The molecule has 1 unspecified atom stereocenters. The van der Waals surface area contributed by atoms with Crippen LogP contribution in [0.5, 0.6) is 0 Å². The average Bonchev–Trinajstić information content (AvgIpc) is 2.48. The molecule has 0 aromatic heterocycles. The lowest BCUT2D eigenvalue weighted by Gasteiger charge is -2.29. The van der Waals surface area contributed by atoms with E-state index in [1.165, 1.54) is 0 Å². The number of thioether (sulfide) groups is 1. The van der Waals surface area contributed by atoms with Crippen molar-refractivity contribution in [2.24, 2.45) is 0 Å². The second kappa shape index (κ2) is 7.32. The second-order valence-electron chi connectivity index (χ2n) is 4.85. The lowest BCUT2D eigenvalue weighted by atomic mass is 10.2. The molecular formula is C15H19NO3S2. The fourth-order valence-corrected chi connectivity index (χ4v) is 4.91. The summed E-state index contributed by atoms with van der Waals surface area (Å²) in [6, 6.07) is 6.70. The minimum Gasteiger partial charge on any atom is -0.395 e. The van der Waals surface area contributed by atoms with Crippen molar-refractivity contribution in [2.45, 2.75) is 23.5 Å². The monoisotopic (exact) mass is 325 g/mol. The maximum atomic E-state index is 12.6. The molecule has 21 heavy (non-hydrogen) atoms. The number of sulfonamides is 1. The molecule has 6 heteroatoms. The predicted octanol–water partition coefficient (Wildman–Crippen LogP) is 1.55. The quantitative estimate of drug-likeness (QED) is 0.857. The van der Waals surface area contributed by atoms with Crippen LogP contribution in [0, 0.1) is 11.8 Å². The molecule has 1 aliphatic rings. The Morgan fingerprint density at radius 1 is 1.48 bits per heavy atom. The Balaban J connectivity index is 2.24. The highest BCUT2D eigenvalue weighted by atomic mass is 32.2. The van der Waals surface area contributed by atoms with Crippen LogP contribution in [-0.2, 0) is 10.0 Å². The van der Waals surface area contributed by atoms with Gasteiger partial charge in [-0.2, -0.15) is 16.1 Å². The SMILES string of the molecule is CC1CN(S(=O)(=O)c2cccc(C#CCCO)c2)CCS1. The minimum absolute atomic E-state index is 0.00826. The zero-order valence-corrected chi connectivity index (χ0v) is 13.6. The zero-order chi connectivity index (χ0) is 15.3. The number of aliphatic hydroxyl groups is 1. The van der Waals surface area contributed by atoms with Gasteiger partial charge in [0, 0.05) is 36.1 Å². The van der Waals surface area contributed by atoms with Crippen molar-refractivity contribution >= 4 is 21.8 Å². The first-order valence-corrected chi connectivity index (χ1v) is 9.34. The topological polar surface area (TPSA) is 57.6 Å². The molecule has 1 fully saturated rings. The van der Waals surface area contributed by atoms with Crippen LogP contribution < -0.4 is 0 Å².